The van der Waals surface area contributed by atoms with Gasteiger partial charge in [0.05, 0.1) is 0 Å². The molecule has 1 amide bonds. The summed E-state index contributed by atoms with van der Waals surface area (Å²) in [7, 11) is 0. The summed E-state index contributed by atoms with van der Waals surface area (Å²) in [5, 5.41) is 11.7. The highest BCUT2D eigenvalue weighted by atomic mass is 16.9. The molecule has 0 unspecified atom stereocenters. The van der Waals surface area contributed by atoms with Crippen LogP contribution in [-0.2, 0) is 21.0 Å². The Morgan fingerprint density at radius 2 is 2.17 bits per heavy atom. The van der Waals surface area contributed by atoms with Crippen molar-refractivity contribution in [2.45, 2.75) is 32.8 Å². The largest absolute Gasteiger partial charge is 0.425 e. The molecular formula is C16H20N2O6. The molecule has 0 saturated heterocycles. The van der Waals surface area contributed by atoms with E-state index < -0.39 is 11.1 Å². The van der Waals surface area contributed by atoms with Crippen molar-refractivity contribution in [3.05, 3.63) is 52.1 Å². The van der Waals surface area contributed by atoms with Gasteiger partial charge in [-0.1, -0.05) is 24.3 Å². The van der Waals surface area contributed by atoms with Crippen LogP contribution in [0.2, 0.25) is 0 Å². The summed E-state index contributed by atoms with van der Waals surface area (Å²) in [5.74, 6) is -0.611. The van der Waals surface area contributed by atoms with Gasteiger partial charge < -0.3 is 14.9 Å². The molecule has 1 aromatic carbocycles. The van der Waals surface area contributed by atoms with Gasteiger partial charge in [0, 0.05) is 6.42 Å². The number of allylic oxidation sites excluding steroid dienone is 2. The van der Waals surface area contributed by atoms with Crippen LogP contribution < -0.4 is 10.1 Å². The van der Waals surface area contributed by atoms with E-state index in [4.69, 9.17) is 4.74 Å². The fraction of sp³-hybridized carbons (Fsp3) is 0.375. The van der Waals surface area contributed by atoms with Gasteiger partial charge in [-0.2, -0.15) is 0 Å². The summed E-state index contributed by atoms with van der Waals surface area (Å²) in [6.45, 7) is 1.44. The molecule has 0 saturated carbocycles. The van der Waals surface area contributed by atoms with Gasteiger partial charge in [-0.05, 0) is 37.5 Å². The predicted molar refractivity (Wildman–Crippen MR) is 85.5 cm³/mol. The quantitative estimate of drug-likeness (QED) is 0.175. The van der Waals surface area contributed by atoms with Gasteiger partial charge in [0.25, 0.3) is 5.09 Å². The molecule has 0 heterocycles. The second-order valence-electron chi connectivity index (χ2n) is 4.86. The van der Waals surface area contributed by atoms with E-state index in [1.54, 1.807) is 12.1 Å². The monoisotopic (exact) mass is 336 g/mol. The van der Waals surface area contributed by atoms with E-state index in [-0.39, 0.29) is 24.8 Å². The normalized spacial score (nSPS) is 10.4. The zero-order valence-corrected chi connectivity index (χ0v) is 13.4. The third-order valence-electron chi connectivity index (χ3n) is 2.91. The lowest BCUT2D eigenvalue weighted by Crippen LogP contribution is -2.31. The molecular weight excluding hydrogens is 316 g/mol. The molecule has 1 aromatic rings. The summed E-state index contributed by atoms with van der Waals surface area (Å²) in [6.07, 6.45) is 5.75. The average Bonchev–Trinajstić information content (AvgIpc) is 2.55. The van der Waals surface area contributed by atoms with E-state index in [1.807, 2.05) is 19.1 Å². The number of esters is 1. The summed E-state index contributed by atoms with van der Waals surface area (Å²) in [5.41, 5.74) is 0.491. The molecule has 1 rings (SSSR count). The number of hydrogen-bond acceptors (Lipinski definition) is 6. The fourth-order valence-corrected chi connectivity index (χ4v) is 1.80. The molecule has 0 radical (unpaired) electrons. The molecule has 24 heavy (non-hydrogen) atoms. The molecule has 0 bridgehead atoms. The molecule has 0 spiro atoms. The van der Waals surface area contributed by atoms with Crippen molar-refractivity contribution in [3.8, 4) is 5.75 Å². The number of ether oxygens (including phenoxy) is 1. The second-order valence-corrected chi connectivity index (χ2v) is 4.86. The number of nitrogens with zero attached hydrogens (tertiary/aromatic N) is 1. The Morgan fingerprint density at radius 3 is 2.88 bits per heavy atom. The molecule has 0 aromatic heterocycles. The lowest BCUT2D eigenvalue weighted by Gasteiger charge is -2.07. The van der Waals surface area contributed by atoms with Gasteiger partial charge in [0.15, 0.2) is 0 Å². The van der Waals surface area contributed by atoms with Crippen LogP contribution in [0.25, 0.3) is 0 Å². The maximum Gasteiger partial charge on any atom is 0.330 e. The number of benzene rings is 1. The standard InChI is InChI=1S/C16H20N2O6/c1-2-3-4-5-9-15(19)17-11-16(20)24-14-8-6-7-13(10-14)12-23-18(21)22/h2-3,6-8,10H,4-5,9,11-12H2,1H3,(H,17,19)/b3-2-. The van der Waals surface area contributed by atoms with Crippen molar-refractivity contribution in [2.75, 3.05) is 6.54 Å². The van der Waals surface area contributed by atoms with Crippen LogP contribution in [0.5, 0.6) is 5.75 Å². The molecule has 0 aliphatic carbocycles. The van der Waals surface area contributed by atoms with Gasteiger partial charge in [0.2, 0.25) is 5.91 Å². The lowest BCUT2D eigenvalue weighted by atomic mass is 10.2. The van der Waals surface area contributed by atoms with Crippen molar-refractivity contribution in [2.24, 2.45) is 0 Å². The van der Waals surface area contributed by atoms with Crippen molar-refractivity contribution in [1.29, 1.82) is 0 Å². The van der Waals surface area contributed by atoms with E-state index >= 15 is 0 Å². The van der Waals surface area contributed by atoms with Crippen molar-refractivity contribution >= 4 is 11.9 Å². The maximum absolute atomic E-state index is 11.7. The molecule has 0 atom stereocenters. The van der Waals surface area contributed by atoms with Gasteiger partial charge in [-0.3, -0.25) is 4.79 Å². The Kier molecular flexibility index (Phi) is 8.59. The highest BCUT2D eigenvalue weighted by molar-refractivity contribution is 5.82. The van der Waals surface area contributed by atoms with Crippen LogP contribution in [-0.4, -0.2) is 23.5 Å². The van der Waals surface area contributed by atoms with Gasteiger partial charge in [0.1, 0.15) is 18.9 Å². The number of nitrogens with one attached hydrogen (secondary N) is 1. The van der Waals surface area contributed by atoms with E-state index in [0.717, 1.165) is 6.42 Å². The number of hydrogen-bond donors (Lipinski definition) is 1. The van der Waals surface area contributed by atoms with E-state index in [2.05, 4.69) is 10.2 Å². The topological polar surface area (TPSA) is 108 Å². The predicted octanol–water partition coefficient (Wildman–Crippen LogP) is 2.16. The Balaban J connectivity index is 2.35. The minimum absolute atomic E-state index is 0.218. The number of amides is 1. The van der Waals surface area contributed by atoms with Crippen LogP contribution >= 0.6 is 0 Å². The minimum Gasteiger partial charge on any atom is -0.425 e. The molecule has 130 valence electrons. The first-order valence-corrected chi connectivity index (χ1v) is 7.46. The van der Waals surface area contributed by atoms with E-state index in [9.17, 15) is 19.7 Å². The third-order valence-corrected chi connectivity index (χ3v) is 2.91. The first-order valence-electron chi connectivity index (χ1n) is 7.46. The average molecular weight is 336 g/mol. The number of carbonyl (C=O) groups is 2. The summed E-state index contributed by atoms with van der Waals surface area (Å²) in [6, 6.07) is 6.18. The summed E-state index contributed by atoms with van der Waals surface area (Å²) >= 11 is 0. The molecule has 0 fully saturated rings. The van der Waals surface area contributed by atoms with Crippen molar-refractivity contribution in [3.63, 3.8) is 0 Å². The Morgan fingerprint density at radius 1 is 1.38 bits per heavy atom. The SMILES string of the molecule is C/C=C\CCCC(=O)NCC(=O)Oc1cccc(CO[N+](=O)[O-])c1. The summed E-state index contributed by atoms with van der Waals surface area (Å²) < 4.78 is 5.07. The highest BCUT2D eigenvalue weighted by Crippen LogP contribution is 2.14. The third kappa shape index (κ3) is 8.52. The molecule has 8 heteroatoms. The first-order chi connectivity index (χ1) is 11.5. The highest BCUT2D eigenvalue weighted by Gasteiger charge is 2.08. The van der Waals surface area contributed by atoms with Crippen LogP contribution in [0.15, 0.2) is 36.4 Å². The van der Waals surface area contributed by atoms with Gasteiger partial charge in [-0.15, -0.1) is 10.1 Å². The van der Waals surface area contributed by atoms with Crippen LogP contribution in [0, 0.1) is 10.1 Å². The maximum atomic E-state index is 11.7. The zero-order chi connectivity index (χ0) is 17.8. The molecule has 0 aliphatic heterocycles. The van der Waals surface area contributed by atoms with Gasteiger partial charge in [-0.25, -0.2) is 4.79 Å². The van der Waals surface area contributed by atoms with Crippen molar-refractivity contribution < 1.29 is 24.3 Å². The Labute approximate surface area is 139 Å². The molecule has 0 aliphatic rings. The van der Waals surface area contributed by atoms with Crippen LogP contribution in [0.4, 0.5) is 0 Å². The van der Waals surface area contributed by atoms with Gasteiger partial charge >= 0.3 is 5.97 Å². The lowest BCUT2D eigenvalue weighted by molar-refractivity contribution is -0.763. The molecule has 8 nitrogen and oxygen atoms in total. The number of carbonyl (C=O) groups excluding carboxylic acids is 2. The minimum atomic E-state index is -0.898. The first kappa shape index (κ1) is 19.1. The second kappa shape index (κ2) is 10.8. The molecule has 1 N–H and O–H groups in total. The van der Waals surface area contributed by atoms with Crippen LogP contribution in [0.3, 0.4) is 0 Å². The van der Waals surface area contributed by atoms with E-state index in [0.29, 0.717) is 18.4 Å². The summed E-state index contributed by atoms with van der Waals surface area (Å²) in [4.78, 5) is 37.6. The Bertz CT molecular complexity index is 600. The Hall–Kier alpha value is -2.90. The van der Waals surface area contributed by atoms with Crippen molar-refractivity contribution in [1.82, 2.24) is 5.32 Å². The number of unbranched alkanes of at least 4 members (excludes halogenated alkanes) is 1. The van der Waals surface area contributed by atoms with Crippen LogP contribution in [0.1, 0.15) is 31.7 Å². The fourth-order valence-electron chi connectivity index (χ4n) is 1.80. The number of rotatable bonds is 10. The van der Waals surface area contributed by atoms with E-state index in [1.165, 1.54) is 12.1 Å². The zero-order valence-electron chi connectivity index (χ0n) is 13.4. The smallest absolute Gasteiger partial charge is 0.330 e.